The van der Waals surface area contributed by atoms with E-state index in [1.54, 1.807) is 17.5 Å². The average molecular weight is 240 g/mol. The van der Waals surface area contributed by atoms with Gasteiger partial charge in [0.15, 0.2) is 5.78 Å². The summed E-state index contributed by atoms with van der Waals surface area (Å²) in [6.07, 6.45) is 1.76. The minimum absolute atomic E-state index is 0.0352. The van der Waals surface area contributed by atoms with E-state index in [9.17, 15) is 4.79 Å². The number of carbonyl (C=O) groups excluding carboxylic acids is 1. The van der Waals surface area contributed by atoms with E-state index in [0.29, 0.717) is 16.4 Å². The number of hydrogen-bond acceptors (Lipinski definition) is 5. The molecule has 6 heteroatoms. The Morgan fingerprint density at radius 3 is 3.07 bits per heavy atom. The van der Waals surface area contributed by atoms with Crippen molar-refractivity contribution in [3.8, 4) is 0 Å². The Hall–Kier alpha value is -1.33. The second kappa shape index (κ2) is 4.46. The van der Waals surface area contributed by atoms with Gasteiger partial charge in [0, 0.05) is 17.1 Å². The van der Waals surface area contributed by atoms with Crippen LogP contribution in [0.5, 0.6) is 0 Å². The second-order valence-corrected chi connectivity index (χ2v) is 3.86. The number of Topliss-reactive ketones (excluding diaryl/α,β-unsaturated/α-hetero) is 1. The number of hydrogen-bond donors (Lipinski definition) is 0. The molecule has 0 atom stereocenters. The Labute approximate surface area is 95.1 Å². The lowest BCUT2D eigenvalue weighted by molar-refractivity contribution is 0.0992. The van der Waals surface area contributed by atoms with Crippen molar-refractivity contribution in [1.82, 2.24) is 14.6 Å². The Kier molecular flexibility index (Phi) is 3.03. The lowest BCUT2D eigenvalue weighted by Gasteiger charge is -1.98. The first-order valence-corrected chi connectivity index (χ1v) is 5.38. The van der Waals surface area contributed by atoms with Gasteiger partial charge in [-0.25, -0.2) is 4.98 Å². The van der Waals surface area contributed by atoms with Gasteiger partial charge in [-0.15, -0.1) is 5.10 Å². The normalized spacial score (nSPS) is 10.2. The fourth-order valence-electron chi connectivity index (χ4n) is 1.10. The van der Waals surface area contributed by atoms with Crippen LogP contribution in [0.25, 0.3) is 0 Å². The van der Waals surface area contributed by atoms with Crippen molar-refractivity contribution < 1.29 is 4.79 Å². The molecule has 0 aromatic carbocycles. The largest absolute Gasteiger partial charge is 0.294 e. The van der Waals surface area contributed by atoms with Crippen LogP contribution in [-0.2, 0) is 6.42 Å². The highest BCUT2D eigenvalue weighted by molar-refractivity contribution is 7.03. The topological polar surface area (TPSA) is 55.7 Å². The van der Waals surface area contributed by atoms with E-state index >= 15 is 0 Å². The molecular formula is C9H6ClN3OS. The van der Waals surface area contributed by atoms with Gasteiger partial charge in [-0.1, -0.05) is 16.1 Å². The van der Waals surface area contributed by atoms with Crippen LogP contribution in [0.3, 0.4) is 0 Å². The van der Waals surface area contributed by atoms with Crippen molar-refractivity contribution in [3.05, 3.63) is 40.1 Å². The monoisotopic (exact) mass is 239 g/mol. The molecule has 76 valence electrons. The summed E-state index contributed by atoms with van der Waals surface area (Å²) in [5.74, 6) is -0.0352. The van der Waals surface area contributed by atoms with Crippen LogP contribution in [0, 0.1) is 0 Å². The van der Waals surface area contributed by atoms with Crippen molar-refractivity contribution in [3.63, 3.8) is 0 Å². The standard InChI is InChI=1S/C9H6ClN3OS/c10-9-3-6(1-2-11-9)8(14)4-7-5-15-13-12-7/h1-3,5H,4H2. The van der Waals surface area contributed by atoms with Crippen LogP contribution in [-0.4, -0.2) is 20.4 Å². The molecule has 0 N–H and O–H groups in total. The van der Waals surface area contributed by atoms with Gasteiger partial charge >= 0.3 is 0 Å². The summed E-state index contributed by atoms with van der Waals surface area (Å²) < 4.78 is 3.69. The predicted octanol–water partition coefficient (Wildman–Crippen LogP) is 2.01. The Morgan fingerprint density at radius 2 is 2.40 bits per heavy atom. The number of pyridine rings is 1. The van der Waals surface area contributed by atoms with Crippen molar-refractivity contribution in [2.75, 3.05) is 0 Å². The second-order valence-electron chi connectivity index (χ2n) is 2.86. The van der Waals surface area contributed by atoms with Crippen LogP contribution in [0.2, 0.25) is 5.15 Å². The van der Waals surface area contributed by atoms with E-state index in [0.717, 1.165) is 0 Å². The summed E-state index contributed by atoms with van der Waals surface area (Å²) in [5, 5.41) is 5.87. The number of aromatic nitrogens is 3. The summed E-state index contributed by atoms with van der Waals surface area (Å²) >= 11 is 6.91. The first-order valence-electron chi connectivity index (χ1n) is 4.16. The lowest BCUT2D eigenvalue weighted by atomic mass is 10.1. The minimum atomic E-state index is -0.0352. The van der Waals surface area contributed by atoms with Gasteiger partial charge in [0.1, 0.15) is 5.15 Å². The fraction of sp³-hybridized carbons (Fsp3) is 0.111. The number of nitrogens with zero attached hydrogens (tertiary/aromatic N) is 3. The third kappa shape index (κ3) is 2.57. The van der Waals surface area contributed by atoms with Gasteiger partial charge in [-0.05, 0) is 23.7 Å². The summed E-state index contributed by atoms with van der Waals surface area (Å²) in [6.45, 7) is 0. The van der Waals surface area contributed by atoms with Gasteiger partial charge in [-0.3, -0.25) is 4.79 Å². The van der Waals surface area contributed by atoms with Crippen molar-refractivity contribution in [2.24, 2.45) is 0 Å². The zero-order chi connectivity index (χ0) is 10.7. The maximum absolute atomic E-state index is 11.7. The molecule has 0 unspecified atom stereocenters. The molecule has 0 saturated heterocycles. The Balaban J connectivity index is 2.15. The van der Waals surface area contributed by atoms with Gasteiger partial charge in [0.25, 0.3) is 0 Å². The summed E-state index contributed by atoms with van der Waals surface area (Å²) in [7, 11) is 0. The number of carbonyl (C=O) groups is 1. The molecule has 0 aliphatic heterocycles. The average Bonchev–Trinajstić information content (AvgIpc) is 2.70. The molecular weight excluding hydrogens is 234 g/mol. The molecule has 0 aliphatic carbocycles. The molecule has 2 rings (SSSR count). The molecule has 0 amide bonds. The molecule has 0 spiro atoms. The first kappa shape index (κ1) is 10.2. The highest BCUT2D eigenvalue weighted by Crippen LogP contribution is 2.10. The molecule has 2 aromatic heterocycles. The molecule has 0 radical (unpaired) electrons. The van der Waals surface area contributed by atoms with E-state index in [4.69, 9.17) is 11.6 Å². The van der Waals surface area contributed by atoms with Gasteiger partial charge in [0.05, 0.1) is 12.1 Å². The van der Waals surface area contributed by atoms with Gasteiger partial charge in [-0.2, -0.15) is 0 Å². The van der Waals surface area contributed by atoms with E-state index < -0.39 is 0 Å². The maximum Gasteiger partial charge on any atom is 0.169 e. The molecule has 4 nitrogen and oxygen atoms in total. The van der Waals surface area contributed by atoms with Crippen molar-refractivity contribution in [1.29, 1.82) is 0 Å². The zero-order valence-electron chi connectivity index (χ0n) is 7.55. The smallest absolute Gasteiger partial charge is 0.169 e. The van der Waals surface area contributed by atoms with Crippen molar-refractivity contribution in [2.45, 2.75) is 6.42 Å². The molecule has 2 heterocycles. The van der Waals surface area contributed by atoms with Crippen LogP contribution >= 0.6 is 23.1 Å². The third-order valence-electron chi connectivity index (χ3n) is 1.80. The highest BCUT2D eigenvalue weighted by Gasteiger charge is 2.09. The molecule has 2 aromatic rings. The van der Waals surface area contributed by atoms with E-state index in [-0.39, 0.29) is 12.2 Å². The molecule has 0 saturated carbocycles. The van der Waals surface area contributed by atoms with Gasteiger partial charge < -0.3 is 0 Å². The third-order valence-corrected chi connectivity index (χ3v) is 2.56. The van der Waals surface area contributed by atoms with Crippen LogP contribution in [0.1, 0.15) is 16.1 Å². The van der Waals surface area contributed by atoms with Crippen LogP contribution in [0.4, 0.5) is 0 Å². The molecule has 0 aliphatic rings. The van der Waals surface area contributed by atoms with E-state index in [2.05, 4.69) is 14.6 Å². The summed E-state index contributed by atoms with van der Waals surface area (Å²) in [6, 6.07) is 3.18. The molecule has 0 fully saturated rings. The van der Waals surface area contributed by atoms with E-state index in [1.165, 1.54) is 17.7 Å². The predicted molar refractivity (Wildman–Crippen MR) is 57.2 cm³/mol. The fourth-order valence-corrected chi connectivity index (χ4v) is 1.73. The van der Waals surface area contributed by atoms with Crippen molar-refractivity contribution >= 4 is 28.9 Å². The zero-order valence-corrected chi connectivity index (χ0v) is 9.13. The number of rotatable bonds is 3. The number of halogens is 1. The molecule has 0 bridgehead atoms. The van der Waals surface area contributed by atoms with Crippen LogP contribution in [0.15, 0.2) is 23.7 Å². The van der Waals surface area contributed by atoms with Crippen LogP contribution < -0.4 is 0 Å². The lowest BCUT2D eigenvalue weighted by Crippen LogP contribution is -2.04. The summed E-state index contributed by atoms with van der Waals surface area (Å²) in [4.78, 5) is 15.5. The van der Waals surface area contributed by atoms with Gasteiger partial charge in [0.2, 0.25) is 0 Å². The highest BCUT2D eigenvalue weighted by atomic mass is 35.5. The molecule has 15 heavy (non-hydrogen) atoms. The number of ketones is 1. The Bertz CT molecular complexity index is 472. The first-order chi connectivity index (χ1) is 7.25. The SMILES string of the molecule is O=C(Cc1csnn1)c1ccnc(Cl)c1. The van der Waals surface area contributed by atoms with E-state index in [1.807, 2.05) is 0 Å². The summed E-state index contributed by atoms with van der Waals surface area (Å²) in [5.41, 5.74) is 1.22. The minimum Gasteiger partial charge on any atom is -0.294 e. The maximum atomic E-state index is 11.7. The quantitative estimate of drug-likeness (QED) is 0.607. The Morgan fingerprint density at radius 1 is 1.53 bits per heavy atom.